The van der Waals surface area contributed by atoms with Crippen LogP contribution in [0.5, 0.6) is 5.75 Å². The van der Waals surface area contributed by atoms with Crippen molar-refractivity contribution in [2.75, 3.05) is 0 Å². The summed E-state index contributed by atoms with van der Waals surface area (Å²) in [6.45, 7) is -3.00. The molecule has 0 spiro atoms. The van der Waals surface area contributed by atoms with Crippen molar-refractivity contribution in [3.63, 3.8) is 0 Å². The Hall–Kier alpha value is 0.441. The summed E-state index contributed by atoms with van der Waals surface area (Å²) in [5.41, 5.74) is -0.819. The maximum absolute atomic E-state index is 13.5. The molecule has 0 unspecified atom stereocenters. The van der Waals surface area contributed by atoms with Crippen LogP contribution in [0.25, 0.3) is 0 Å². The molecule has 0 saturated heterocycles. The predicted octanol–water partition coefficient (Wildman–Crippen LogP) is 0.842. The second-order valence-corrected chi connectivity index (χ2v) is 5.26. The first-order chi connectivity index (χ1) is 8.86. The van der Waals surface area contributed by atoms with Crippen LogP contribution >= 0.6 is 0 Å². The molecule has 1 aliphatic rings. The molecule has 7 heteroatoms. The first kappa shape index (κ1) is 18.5. The average molecular weight is 314 g/mol. The van der Waals surface area contributed by atoms with Gasteiger partial charge in [-0.2, -0.15) is 0 Å². The van der Waals surface area contributed by atoms with E-state index >= 15 is 0 Å². The Morgan fingerprint density at radius 1 is 1.10 bits per heavy atom. The summed E-state index contributed by atoms with van der Waals surface area (Å²) in [6.07, 6.45) is 3.29. The van der Waals surface area contributed by atoms with Gasteiger partial charge >= 0.3 is 58.4 Å². The van der Waals surface area contributed by atoms with Gasteiger partial charge in [0, 0.05) is 0 Å². The van der Waals surface area contributed by atoms with Crippen LogP contribution in [0.2, 0.25) is 0 Å². The topological polar surface area (TPSA) is 9.23 Å². The van der Waals surface area contributed by atoms with Crippen molar-refractivity contribution in [2.45, 2.75) is 38.7 Å². The molecule has 2 rings (SSSR count). The molecule has 1 fully saturated rings. The van der Waals surface area contributed by atoms with E-state index in [2.05, 4.69) is 6.92 Å². The fraction of sp³-hybridized carbons (Fsp3) is 0.538. The third-order valence-corrected chi connectivity index (χ3v) is 3.59. The van der Waals surface area contributed by atoms with Gasteiger partial charge in [0.05, 0.1) is 6.10 Å². The molecular weight excluding hydrogens is 298 g/mol. The van der Waals surface area contributed by atoms with Crippen LogP contribution in [0, 0.1) is 11.7 Å². The number of hydrogen-bond acceptors (Lipinski definition) is 1. The summed E-state index contributed by atoms with van der Waals surface area (Å²) in [6, 6.07) is 2.35. The molecule has 0 atom stereocenters. The van der Waals surface area contributed by atoms with Gasteiger partial charge in [0.15, 0.2) is 11.6 Å². The van der Waals surface area contributed by atoms with Gasteiger partial charge in [-0.1, -0.05) is 13.0 Å². The Morgan fingerprint density at radius 3 is 2.25 bits per heavy atom. The second kappa shape index (κ2) is 7.63. The minimum Gasteiger partial charge on any atom is -0.487 e. The van der Waals surface area contributed by atoms with Gasteiger partial charge in [-0.3, -0.25) is 0 Å². The first-order valence-corrected chi connectivity index (χ1v) is 6.52. The van der Waals surface area contributed by atoms with E-state index in [1.165, 1.54) is 0 Å². The largest absolute Gasteiger partial charge is 1.00 e. The van der Waals surface area contributed by atoms with Crippen LogP contribution in [0.4, 0.5) is 17.3 Å². The van der Waals surface area contributed by atoms with Crippen molar-refractivity contribution in [3.8, 4) is 5.75 Å². The van der Waals surface area contributed by atoms with Crippen LogP contribution < -0.4 is 61.6 Å². The SMILES string of the molecule is CC1CCC(Oc2cc([B-](F)(F)F)ccc2F)CC1.[K+]. The van der Waals surface area contributed by atoms with Crippen LogP contribution in [-0.4, -0.2) is 13.1 Å². The molecular formula is C13H16BF4KO. The molecule has 0 amide bonds. The number of rotatable bonds is 3. The molecule has 1 aliphatic carbocycles. The third kappa shape index (κ3) is 5.02. The maximum atomic E-state index is 13.5. The molecule has 0 radical (unpaired) electrons. The van der Waals surface area contributed by atoms with Crippen molar-refractivity contribution in [1.82, 2.24) is 0 Å². The van der Waals surface area contributed by atoms with E-state index in [0.29, 0.717) is 5.92 Å². The fourth-order valence-corrected chi connectivity index (χ4v) is 2.34. The van der Waals surface area contributed by atoms with Crippen molar-refractivity contribution in [2.24, 2.45) is 5.92 Å². The minimum absolute atomic E-state index is 0. The van der Waals surface area contributed by atoms with E-state index in [1.807, 2.05) is 0 Å². The third-order valence-electron chi connectivity index (χ3n) is 3.59. The Labute approximate surface area is 158 Å². The number of halogens is 4. The molecule has 0 aliphatic heterocycles. The quantitative estimate of drug-likeness (QED) is 0.593. The van der Waals surface area contributed by atoms with E-state index in [1.54, 1.807) is 0 Å². The monoisotopic (exact) mass is 314 g/mol. The van der Waals surface area contributed by atoms with Gasteiger partial charge < -0.3 is 17.7 Å². The zero-order valence-corrected chi connectivity index (χ0v) is 14.8. The summed E-state index contributed by atoms with van der Waals surface area (Å²) in [4.78, 5) is 0. The van der Waals surface area contributed by atoms with Crippen molar-refractivity contribution in [1.29, 1.82) is 0 Å². The molecule has 0 aromatic heterocycles. The summed E-state index contributed by atoms with van der Waals surface area (Å²) in [5.74, 6) is -0.409. The summed E-state index contributed by atoms with van der Waals surface area (Å²) >= 11 is 0. The fourth-order valence-electron chi connectivity index (χ4n) is 2.34. The Morgan fingerprint density at radius 2 is 1.70 bits per heavy atom. The predicted molar refractivity (Wildman–Crippen MR) is 67.2 cm³/mol. The molecule has 0 bridgehead atoms. The number of hydrogen-bond donors (Lipinski definition) is 0. The molecule has 106 valence electrons. The van der Waals surface area contributed by atoms with E-state index < -0.39 is 18.3 Å². The van der Waals surface area contributed by atoms with E-state index in [0.717, 1.165) is 43.9 Å². The Kier molecular flexibility index (Phi) is 7.05. The van der Waals surface area contributed by atoms with Crippen LogP contribution in [-0.2, 0) is 0 Å². The van der Waals surface area contributed by atoms with E-state index in [9.17, 15) is 17.3 Å². The van der Waals surface area contributed by atoms with Crippen molar-refractivity contribution in [3.05, 3.63) is 24.0 Å². The summed E-state index contributed by atoms with van der Waals surface area (Å²) in [5, 5.41) is 0. The summed E-state index contributed by atoms with van der Waals surface area (Å²) < 4.78 is 56.8. The first-order valence-electron chi connectivity index (χ1n) is 6.52. The van der Waals surface area contributed by atoms with Crippen molar-refractivity contribution >= 4 is 12.4 Å². The van der Waals surface area contributed by atoms with E-state index in [4.69, 9.17) is 4.74 Å². The van der Waals surface area contributed by atoms with E-state index in [-0.39, 0.29) is 63.2 Å². The molecule has 1 saturated carbocycles. The normalized spacial score (nSPS) is 23.1. The number of benzene rings is 1. The summed E-state index contributed by atoms with van der Waals surface area (Å²) in [7, 11) is 0. The van der Waals surface area contributed by atoms with Gasteiger partial charge in [0.25, 0.3) is 0 Å². The molecule has 0 N–H and O–H groups in total. The second-order valence-electron chi connectivity index (χ2n) is 5.26. The molecule has 1 aromatic carbocycles. The standard InChI is InChI=1S/C13H16BF4O.K/c1-9-2-5-11(6-3-9)19-13-8-10(14(16,17)18)4-7-12(13)15;/h4,7-9,11H,2-3,5-6H2,1H3;/q-1;+1. The van der Waals surface area contributed by atoms with Crippen LogP contribution in [0.15, 0.2) is 18.2 Å². The van der Waals surface area contributed by atoms with Crippen LogP contribution in [0.3, 0.4) is 0 Å². The molecule has 1 aromatic rings. The van der Waals surface area contributed by atoms with Gasteiger partial charge in [-0.05, 0) is 43.7 Å². The van der Waals surface area contributed by atoms with Crippen molar-refractivity contribution < 1.29 is 73.5 Å². The van der Waals surface area contributed by atoms with Gasteiger partial charge in [0.2, 0.25) is 0 Å². The molecule has 1 nitrogen and oxygen atoms in total. The van der Waals surface area contributed by atoms with Gasteiger partial charge in [-0.15, -0.1) is 5.46 Å². The Bertz CT molecular complexity index is 444. The molecule has 0 heterocycles. The number of ether oxygens (including phenoxy) is 1. The maximum Gasteiger partial charge on any atom is 1.00 e. The zero-order valence-electron chi connectivity index (χ0n) is 11.7. The smallest absolute Gasteiger partial charge is 0.487 e. The van der Waals surface area contributed by atoms with Crippen LogP contribution in [0.1, 0.15) is 32.6 Å². The van der Waals surface area contributed by atoms with Gasteiger partial charge in [0.1, 0.15) is 0 Å². The molecule has 20 heavy (non-hydrogen) atoms. The zero-order chi connectivity index (χ0) is 14.0. The average Bonchev–Trinajstić information content (AvgIpc) is 2.33. The van der Waals surface area contributed by atoms with Gasteiger partial charge in [-0.25, -0.2) is 4.39 Å². The Balaban J connectivity index is 0.00000200. The minimum atomic E-state index is -5.12.